The summed E-state index contributed by atoms with van der Waals surface area (Å²) in [6, 6.07) is 8.71. The summed E-state index contributed by atoms with van der Waals surface area (Å²) in [5, 5.41) is 9.66. The fourth-order valence-corrected chi connectivity index (χ4v) is 1.56. The van der Waals surface area contributed by atoms with Gasteiger partial charge in [-0.2, -0.15) is 0 Å². The smallest absolute Gasteiger partial charge is 0.153 e. The molecule has 0 radical (unpaired) electrons. The van der Waals surface area contributed by atoms with Crippen molar-refractivity contribution < 1.29 is 9.52 Å². The predicted molar refractivity (Wildman–Crippen MR) is 58.9 cm³/mol. The third kappa shape index (κ3) is 1.32. The van der Waals surface area contributed by atoms with Crippen LogP contribution in [0, 0.1) is 0 Å². The number of benzene rings is 1. The van der Waals surface area contributed by atoms with Gasteiger partial charge in [0, 0.05) is 0 Å². The molecule has 0 saturated heterocycles. The van der Waals surface area contributed by atoms with E-state index in [4.69, 9.17) is 4.42 Å². The van der Waals surface area contributed by atoms with Crippen LogP contribution in [-0.2, 0) is 0 Å². The summed E-state index contributed by atoms with van der Waals surface area (Å²) in [5.41, 5.74) is 1.76. The van der Waals surface area contributed by atoms with Gasteiger partial charge in [-0.1, -0.05) is 6.07 Å². The van der Waals surface area contributed by atoms with Gasteiger partial charge in [-0.05, 0) is 24.3 Å². The van der Waals surface area contributed by atoms with E-state index in [1.54, 1.807) is 42.8 Å². The highest BCUT2D eigenvalue weighted by Gasteiger charge is 2.07. The van der Waals surface area contributed by atoms with E-state index in [9.17, 15) is 5.11 Å². The Bertz CT molecular complexity index is 633. The van der Waals surface area contributed by atoms with Crippen LogP contribution in [0.1, 0.15) is 0 Å². The molecule has 0 fully saturated rings. The van der Waals surface area contributed by atoms with Gasteiger partial charge in [0.05, 0.1) is 18.0 Å². The standard InChI is InChI=1S/C12H8N2O2/c15-10-4-1-3-8-12(10)14-9(7-13-8)11-5-2-6-16-11/h1-7,15H. The number of phenols is 1. The summed E-state index contributed by atoms with van der Waals surface area (Å²) in [6.07, 6.45) is 3.20. The molecule has 0 saturated carbocycles. The molecule has 16 heavy (non-hydrogen) atoms. The molecule has 3 aromatic rings. The Balaban J connectivity index is 2.27. The van der Waals surface area contributed by atoms with E-state index in [0.29, 0.717) is 22.5 Å². The number of phenolic OH excluding ortho intramolecular Hbond substituents is 1. The van der Waals surface area contributed by atoms with Crippen molar-refractivity contribution in [3.63, 3.8) is 0 Å². The Morgan fingerprint density at radius 2 is 2.06 bits per heavy atom. The second-order valence-electron chi connectivity index (χ2n) is 3.38. The molecule has 0 spiro atoms. The molecular formula is C12H8N2O2. The second kappa shape index (κ2) is 3.34. The van der Waals surface area contributed by atoms with Crippen molar-refractivity contribution in [3.05, 3.63) is 42.8 Å². The molecule has 0 atom stereocenters. The van der Waals surface area contributed by atoms with Gasteiger partial charge in [0.2, 0.25) is 0 Å². The molecule has 2 heterocycles. The molecule has 2 aromatic heterocycles. The van der Waals surface area contributed by atoms with Crippen molar-refractivity contribution in [2.24, 2.45) is 0 Å². The van der Waals surface area contributed by atoms with Gasteiger partial charge in [-0.3, -0.25) is 4.98 Å². The maximum Gasteiger partial charge on any atom is 0.153 e. The molecule has 4 heteroatoms. The predicted octanol–water partition coefficient (Wildman–Crippen LogP) is 2.60. The highest BCUT2D eigenvalue weighted by molar-refractivity contribution is 5.82. The van der Waals surface area contributed by atoms with Crippen LogP contribution in [0.2, 0.25) is 0 Å². The molecule has 4 nitrogen and oxygen atoms in total. The first-order valence-corrected chi connectivity index (χ1v) is 4.83. The Labute approximate surface area is 91.2 Å². The Kier molecular flexibility index (Phi) is 1.86. The maximum absolute atomic E-state index is 9.66. The average Bonchev–Trinajstić information content (AvgIpc) is 2.83. The lowest BCUT2D eigenvalue weighted by Gasteiger charge is -2.01. The highest BCUT2D eigenvalue weighted by Crippen LogP contribution is 2.24. The summed E-state index contributed by atoms with van der Waals surface area (Å²) in [6.45, 7) is 0. The first-order valence-electron chi connectivity index (χ1n) is 4.83. The van der Waals surface area contributed by atoms with Gasteiger partial charge >= 0.3 is 0 Å². The zero-order chi connectivity index (χ0) is 11.0. The minimum atomic E-state index is 0.124. The molecule has 0 aliphatic rings. The van der Waals surface area contributed by atoms with Crippen LogP contribution < -0.4 is 0 Å². The molecular weight excluding hydrogens is 204 g/mol. The van der Waals surface area contributed by atoms with Gasteiger partial charge in [0.1, 0.15) is 17.0 Å². The summed E-state index contributed by atoms with van der Waals surface area (Å²) >= 11 is 0. The van der Waals surface area contributed by atoms with Gasteiger partial charge in [0.15, 0.2) is 5.76 Å². The minimum absolute atomic E-state index is 0.124. The van der Waals surface area contributed by atoms with E-state index in [1.807, 2.05) is 0 Å². The molecule has 78 valence electrons. The van der Waals surface area contributed by atoms with E-state index in [0.717, 1.165) is 0 Å². The number of hydrogen-bond donors (Lipinski definition) is 1. The van der Waals surface area contributed by atoms with Crippen LogP contribution in [0.15, 0.2) is 47.2 Å². The minimum Gasteiger partial charge on any atom is -0.506 e. The van der Waals surface area contributed by atoms with Crippen LogP contribution >= 0.6 is 0 Å². The first kappa shape index (κ1) is 8.91. The number of hydrogen-bond acceptors (Lipinski definition) is 4. The largest absolute Gasteiger partial charge is 0.506 e. The van der Waals surface area contributed by atoms with Crippen LogP contribution in [0.25, 0.3) is 22.5 Å². The SMILES string of the molecule is Oc1cccc2ncc(-c3ccco3)nc12. The first-order chi connectivity index (χ1) is 7.84. The van der Waals surface area contributed by atoms with Crippen molar-refractivity contribution >= 4 is 11.0 Å². The fourth-order valence-electron chi connectivity index (χ4n) is 1.56. The number of furan rings is 1. The van der Waals surface area contributed by atoms with Crippen molar-refractivity contribution in [1.82, 2.24) is 9.97 Å². The molecule has 0 aliphatic heterocycles. The van der Waals surface area contributed by atoms with Crippen LogP contribution in [0.4, 0.5) is 0 Å². The van der Waals surface area contributed by atoms with E-state index < -0.39 is 0 Å². The van der Waals surface area contributed by atoms with Crippen molar-refractivity contribution in [2.45, 2.75) is 0 Å². The Hall–Kier alpha value is -2.36. The molecule has 3 rings (SSSR count). The lowest BCUT2D eigenvalue weighted by molar-refractivity contribution is 0.480. The summed E-state index contributed by atoms with van der Waals surface area (Å²) < 4.78 is 5.22. The zero-order valence-electron chi connectivity index (χ0n) is 8.29. The average molecular weight is 212 g/mol. The highest BCUT2D eigenvalue weighted by atomic mass is 16.3. The lowest BCUT2D eigenvalue weighted by Crippen LogP contribution is -1.87. The van der Waals surface area contributed by atoms with Crippen LogP contribution in [0.3, 0.4) is 0 Å². The number of aromatic hydroxyl groups is 1. The van der Waals surface area contributed by atoms with E-state index in [-0.39, 0.29) is 5.75 Å². The number of aromatic nitrogens is 2. The van der Waals surface area contributed by atoms with Crippen molar-refractivity contribution in [2.75, 3.05) is 0 Å². The third-order valence-electron chi connectivity index (χ3n) is 2.33. The lowest BCUT2D eigenvalue weighted by atomic mass is 10.2. The monoisotopic (exact) mass is 212 g/mol. The van der Waals surface area contributed by atoms with Gasteiger partial charge in [-0.15, -0.1) is 0 Å². The molecule has 0 aliphatic carbocycles. The third-order valence-corrected chi connectivity index (χ3v) is 2.33. The van der Waals surface area contributed by atoms with E-state index in [1.165, 1.54) is 0 Å². The molecule has 0 unspecified atom stereocenters. The van der Waals surface area contributed by atoms with E-state index >= 15 is 0 Å². The number of rotatable bonds is 1. The van der Waals surface area contributed by atoms with Gasteiger partial charge in [0.25, 0.3) is 0 Å². The quantitative estimate of drug-likeness (QED) is 0.673. The number of nitrogens with zero attached hydrogens (tertiary/aromatic N) is 2. The van der Waals surface area contributed by atoms with Crippen LogP contribution in [0.5, 0.6) is 5.75 Å². The molecule has 1 aromatic carbocycles. The van der Waals surface area contributed by atoms with Crippen molar-refractivity contribution in [3.8, 4) is 17.2 Å². The summed E-state index contributed by atoms with van der Waals surface area (Å²) in [7, 11) is 0. The topological polar surface area (TPSA) is 59.2 Å². The fraction of sp³-hybridized carbons (Fsp3) is 0. The second-order valence-corrected chi connectivity index (χ2v) is 3.38. The number of para-hydroxylation sites is 1. The normalized spacial score (nSPS) is 10.8. The van der Waals surface area contributed by atoms with Crippen molar-refractivity contribution in [1.29, 1.82) is 0 Å². The van der Waals surface area contributed by atoms with Gasteiger partial charge in [-0.25, -0.2) is 4.98 Å². The summed E-state index contributed by atoms with van der Waals surface area (Å²) in [5.74, 6) is 0.760. The maximum atomic E-state index is 9.66. The molecule has 0 amide bonds. The summed E-state index contributed by atoms with van der Waals surface area (Å²) in [4.78, 5) is 8.53. The Morgan fingerprint density at radius 3 is 2.88 bits per heavy atom. The zero-order valence-corrected chi connectivity index (χ0v) is 8.29. The number of fused-ring (bicyclic) bond motifs is 1. The Morgan fingerprint density at radius 1 is 1.12 bits per heavy atom. The molecule has 1 N–H and O–H groups in total. The molecule has 0 bridgehead atoms. The van der Waals surface area contributed by atoms with Crippen LogP contribution in [-0.4, -0.2) is 15.1 Å². The van der Waals surface area contributed by atoms with E-state index in [2.05, 4.69) is 9.97 Å². The van der Waals surface area contributed by atoms with Gasteiger partial charge < -0.3 is 9.52 Å².